The van der Waals surface area contributed by atoms with E-state index in [-0.39, 0.29) is 0 Å². The summed E-state index contributed by atoms with van der Waals surface area (Å²) in [6, 6.07) is 12.7. The second-order valence-corrected chi connectivity index (χ2v) is 5.66. The summed E-state index contributed by atoms with van der Waals surface area (Å²) in [5.74, 6) is 6.32. The molecule has 1 aromatic heterocycles. The average Bonchev–Trinajstić information content (AvgIpc) is 2.58. The second kappa shape index (κ2) is 9.05. The van der Waals surface area contributed by atoms with Crippen molar-refractivity contribution in [3.8, 4) is 11.8 Å². The average molecular weight is 291 g/mol. The van der Waals surface area contributed by atoms with Crippen LogP contribution in [0.25, 0.3) is 0 Å². The van der Waals surface area contributed by atoms with Gasteiger partial charge in [0, 0.05) is 11.8 Å². The van der Waals surface area contributed by atoms with E-state index in [0.29, 0.717) is 0 Å². The van der Waals surface area contributed by atoms with E-state index in [1.807, 2.05) is 12.3 Å². The van der Waals surface area contributed by atoms with Crippen LogP contribution in [0.3, 0.4) is 0 Å². The van der Waals surface area contributed by atoms with E-state index in [0.717, 1.165) is 17.7 Å². The van der Waals surface area contributed by atoms with Crippen molar-refractivity contribution in [1.82, 2.24) is 4.98 Å². The zero-order valence-electron chi connectivity index (χ0n) is 13.7. The summed E-state index contributed by atoms with van der Waals surface area (Å²) in [7, 11) is 0. The van der Waals surface area contributed by atoms with Gasteiger partial charge >= 0.3 is 0 Å². The SMILES string of the molecule is CCCCCCc1ccc(C#Cc2ccc(CC)cn2)cc1. The summed E-state index contributed by atoms with van der Waals surface area (Å²) in [5.41, 5.74) is 4.55. The molecule has 0 aliphatic carbocycles. The van der Waals surface area contributed by atoms with Crippen LogP contribution in [0.5, 0.6) is 0 Å². The third kappa shape index (κ3) is 5.37. The molecule has 0 radical (unpaired) electrons. The molecule has 0 spiro atoms. The highest BCUT2D eigenvalue weighted by atomic mass is 14.7. The first-order valence-electron chi connectivity index (χ1n) is 8.37. The highest BCUT2D eigenvalue weighted by Crippen LogP contribution is 2.09. The number of aromatic nitrogens is 1. The number of aryl methyl sites for hydroxylation is 2. The first-order valence-corrected chi connectivity index (χ1v) is 8.37. The van der Waals surface area contributed by atoms with E-state index in [1.165, 1.54) is 43.2 Å². The van der Waals surface area contributed by atoms with Crippen LogP contribution >= 0.6 is 0 Å². The van der Waals surface area contributed by atoms with E-state index >= 15 is 0 Å². The summed E-state index contributed by atoms with van der Waals surface area (Å²) in [6.45, 7) is 4.38. The van der Waals surface area contributed by atoms with Crippen molar-refractivity contribution in [2.24, 2.45) is 0 Å². The molecule has 1 nitrogen and oxygen atoms in total. The first kappa shape index (κ1) is 16.3. The monoisotopic (exact) mass is 291 g/mol. The lowest BCUT2D eigenvalue weighted by atomic mass is 10.0. The molecular formula is C21H25N. The van der Waals surface area contributed by atoms with Gasteiger partial charge in [-0.25, -0.2) is 4.98 Å². The molecule has 0 N–H and O–H groups in total. The standard InChI is InChI=1S/C21H25N/c1-3-5-6-7-8-19-9-11-20(12-10-19)14-16-21-15-13-18(4-2)17-22-21/h9-13,15,17H,3-8H2,1-2H3. The Morgan fingerprint density at radius 3 is 2.23 bits per heavy atom. The van der Waals surface area contributed by atoms with Gasteiger partial charge in [-0.1, -0.05) is 57.2 Å². The van der Waals surface area contributed by atoms with Gasteiger partial charge in [-0.3, -0.25) is 0 Å². The van der Waals surface area contributed by atoms with Gasteiger partial charge in [-0.15, -0.1) is 0 Å². The maximum absolute atomic E-state index is 4.37. The fourth-order valence-corrected chi connectivity index (χ4v) is 2.35. The second-order valence-electron chi connectivity index (χ2n) is 5.66. The predicted molar refractivity (Wildman–Crippen MR) is 93.9 cm³/mol. The molecule has 2 aromatic rings. The van der Waals surface area contributed by atoms with Gasteiger partial charge in [-0.05, 0) is 54.5 Å². The minimum atomic E-state index is 0.834. The molecule has 1 heteroatoms. The van der Waals surface area contributed by atoms with Gasteiger partial charge in [0.15, 0.2) is 0 Å². The van der Waals surface area contributed by atoms with Crippen LogP contribution in [0, 0.1) is 11.8 Å². The van der Waals surface area contributed by atoms with E-state index in [1.54, 1.807) is 0 Å². The lowest BCUT2D eigenvalue weighted by molar-refractivity contribution is 0.667. The zero-order chi connectivity index (χ0) is 15.6. The Morgan fingerprint density at radius 1 is 0.818 bits per heavy atom. The van der Waals surface area contributed by atoms with E-state index in [2.05, 4.69) is 61.0 Å². The molecule has 1 heterocycles. The lowest BCUT2D eigenvalue weighted by Gasteiger charge is -2.01. The number of benzene rings is 1. The van der Waals surface area contributed by atoms with Crippen LogP contribution in [0.15, 0.2) is 42.6 Å². The molecular weight excluding hydrogens is 266 g/mol. The minimum Gasteiger partial charge on any atom is -0.248 e. The van der Waals surface area contributed by atoms with Crippen molar-refractivity contribution in [3.05, 3.63) is 65.0 Å². The molecule has 0 saturated carbocycles. The smallest absolute Gasteiger partial charge is 0.113 e. The Kier molecular flexibility index (Phi) is 6.71. The predicted octanol–water partition coefficient (Wildman–Crippen LogP) is 5.17. The van der Waals surface area contributed by atoms with Crippen molar-refractivity contribution in [2.45, 2.75) is 52.4 Å². The largest absolute Gasteiger partial charge is 0.248 e. The number of hydrogen-bond acceptors (Lipinski definition) is 1. The summed E-state index contributed by atoms with van der Waals surface area (Å²) in [5, 5.41) is 0. The van der Waals surface area contributed by atoms with Crippen molar-refractivity contribution >= 4 is 0 Å². The number of rotatable bonds is 6. The van der Waals surface area contributed by atoms with E-state index in [4.69, 9.17) is 0 Å². The topological polar surface area (TPSA) is 12.9 Å². The molecule has 0 aliphatic rings. The molecule has 2 rings (SSSR count). The molecule has 0 bridgehead atoms. The quantitative estimate of drug-likeness (QED) is 0.529. The van der Waals surface area contributed by atoms with Crippen molar-refractivity contribution in [1.29, 1.82) is 0 Å². The molecule has 0 unspecified atom stereocenters. The maximum Gasteiger partial charge on any atom is 0.113 e. The Labute approximate surface area is 134 Å². The Bertz CT molecular complexity index is 612. The Morgan fingerprint density at radius 2 is 1.59 bits per heavy atom. The van der Waals surface area contributed by atoms with Gasteiger partial charge in [0.25, 0.3) is 0 Å². The van der Waals surface area contributed by atoms with Crippen LogP contribution in [0.1, 0.15) is 61.9 Å². The first-order chi connectivity index (χ1) is 10.8. The van der Waals surface area contributed by atoms with Crippen molar-refractivity contribution in [3.63, 3.8) is 0 Å². The molecule has 0 amide bonds. The van der Waals surface area contributed by atoms with E-state index in [9.17, 15) is 0 Å². The highest BCUT2D eigenvalue weighted by Gasteiger charge is 1.94. The minimum absolute atomic E-state index is 0.834. The molecule has 114 valence electrons. The van der Waals surface area contributed by atoms with Gasteiger partial charge in [0.1, 0.15) is 5.69 Å². The summed E-state index contributed by atoms with van der Waals surface area (Å²) in [6.07, 6.45) is 9.34. The third-order valence-corrected chi connectivity index (χ3v) is 3.84. The fourth-order valence-electron chi connectivity index (χ4n) is 2.35. The van der Waals surface area contributed by atoms with Crippen molar-refractivity contribution < 1.29 is 0 Å². The van der Waals surface area contributed by atoms with Crippen LogP contribution < -0.4 is 0 Å². The molecule has 0 fully saturated rings. The third-order valence-electron chi connectivity index (χ3n) is 3.84. The molecule has 0 atom stereocenters. The van der Waals surface area contributed by atoms with E-state index < -0.39 is 0 Å². The maximum atomic E-state index is 4.37. The Balaban J connectivity index is 1.92. The molecule has 0 aliphatic heterocycles. The fraction of sp³-hybridized carbons (Fsp3) is 0.381. The summed E-state index contributed by atoms with van der Waals surface area (Å²) in [4.78, 5) is 4.37. The number of unbranched alkanes of at least 4 members (excludes halogenated alkanes) is 3. The molecule has 1 aromatic carbocycles. The van der Waals surface area contributed by atoms with Gasteiger partial charge < -0.3 is 0 Å². The number of pyridine rings is 1. The van der Waals surface area contributed by atoms with Crippen molar-refractivity contribution in [2.75, 3.05) is 0 Å². The summed E-state index contributed by atoms with van der Waals surface area (Å²) < 4.78 is 0. The number of nitrogens with zero attached hydrogens (tertiary/aromatic N) is 1. The van der Waals surface area contributed by atoms with Crippen LogP contribution in [0.2, 0.25) is 0 Å². The van der Waals surface area contributed by atoms with Crippen LogP contribution in [-0.4, -0.2) is 4.98 Å². The molecule has 0 saturated heterocycles. The normalized spacial score (nSPS) is 10.1. The summed E-state index contributed by atoms with van der Waals surface area (Å²) >= 11 is 0. The molecule has 22 heavy (non-hydrogen) atoms. The number of hydrogen-bond donors (Lipinski definition) is 0. The highest BCUT2D eigenvalue weighted by molar-refractivity contribution is 5.41. The Hall–Kier alpha value is -2.07. The lowest BCUT2D eigenvalue weighted by Crippen LogP contribution is -1.87. The van der Waals surface area contributed by atoms with Crippen LogP contribution in [-0.2, 0) is 12.8 Å². The van der Waals surface area contributed by atoms with Gasteiger partial charge in [0.2, 0.25) is 0 Å². The zero-order valence-corrected chi connectivity index (χ0v) is 13.7. The van der Waals surface area contributed by atoms with Gasteiger partial charge in [-0.2, -0.15) is 0 Å². The van der Waals surface area contributed by atoms with Crippen LogP contribution in [0.4, 0.5) is 0 Å². The van der Waals surface area contributed by atoms with Gasteiger partial charge in [0.05, 0.1) is 0 Å².